The summed E-state index contributed by atoms with van der Waals surface area (Å²) in [4.78, 5) is 28.3. The summed E-state index contributed by atoms with van der Waals surface area (Å²) in [7, 11) is 0. The molecule has 0 N–H and O–H groups in total. The van der Waals surface area contributed by atoms with Gasteiger partial charge in [0.1, 0.15) is 17.2 Å². The summed E-state index contributed by atoms with van der Waals surface area (Å²) >= 11 is 0. The zero-order valence-corrected chi connectivity index (χ0v) is 70.8. The van der Waals surface area contributed by atoms with E-state index in [1.807, 2.05) is 0 Å². The van der Waals surface area contributed by atoms with Gasteiger partial charge in [-0.25, -0.2) is 29.9 Å². The molecule has 0 radical (unpaired) electrons. The van der Waals surface area contributed by atoms with Crippen LogP contribution >= 0.6 is 0 Å². The first-order valence-electron chi connectivity index (χ1n) is 46.5. The molecule has 0 aliphatic heterocycles. The van der Waals surface area contributed by atoms with Crippen LogP contribution in [0.5, 0.6) is 17.2 Å². The van der Waals surface area contributed by atoms with Crippen LogP contribution in [0.15, 0.2) is 110 Å². The van der Waals surface area contributed by atoms with Gasteiger partial charge < -0.3 is 14.2 Å². The molecule has 9 rings (SSSR count). The topological polar surface area (TPSA) is 105 Å². The molecule has 3 aliphatic carbocycles. The fraction of sp³-hybridized carbons (Fsp3) is 0.700. The van der Waals surface area contributed by atoms with E-state index in [2.05, 4.69) is 152 Å². The maximum absolute atomic E-state index is 5.98. The SMILES string of the molecule is CCCCCCCCCCCCOc1ccc(-c2ncc(C3CCC(CCCC)CC3)cn2)cc1.CCCCCCCCCCCCOc1ccc(-c2ncc(C3CCC(CCCCC)CC3)cn2)cc1.CCCCCCCCCCCCOc1ccc(-c2ncc(C3CCC(CCCCCCC)CC3)cn2)cc1. The molecule has 0 spiro atoms. The molecule has 109 heavy (non-hydrogen) atoms. The highest BCUT2D eigenvalue weighted by Crippen LogP contribution is 2.41. The van der Waals surface area contributed by atoms with Gasteiger partial charge in [0.15, 0.2) is 17.5 Å². The number of rotatable bonds is 55. The van der Waals surface area contributed by atoms with Gasteiger partial charge in [-0.3, -0.25) is 0 Å². The summed E-state index contributed by atoms with van der Waals surface area (Å²) in [5.41, 5.74) is 7.15. The van der Waals surface area contributed by atoms with E-state index in [1.165, 1.54) is 351 Å². The molecule has 3 saturated carbocycles. The standard InChI is InChI=1S/C35H56N2O.C33H52N2O.C32H50N2O/c1-3-5-7-9-10-11-12-13-15-17-27-38-34-25-23-32(24-26-34)35-36-28-33(29-37-35)31-21-19-30(20-22-31)18-16-14-8-6-4-2;1-3-5-7-8-9-10-11-12-13-15-25-36-32-23-21-30(22-24-32)33-34-26-31(27-35-33)29-19-17-28(18-20-29)16-14-6-4-2;1-3-5-7-8-9-10-11-12-13-14-24-35-31-22-20-29(21-23-31)32-33-25-30(26-34-32)28-18-16-27(17-19-28)15-6-4-2/h23-26,28-31H,3-22,27H2,1-2H3;21-24,26-29H,3-20,25H2,1-2H3;20-23,25-28H,3-19,24H2,1-2H3. The number of aromatic nitrogens is 6. The fourth-order valence-corrected chi connectivity index (χ4v) is 17.1. The Bertz CT molecular complexity index is 3060. The monoisotopic (exact) mass is 1490 g/mol. The van der Waals surface area contributed by atoms with Crippen molar-refractivity contribution in [3.8, 4) is 51.4 Å². The zero-order chi connectivity index (χ0) is 76.5. The molecule has 3 aromatic heterocycles. The first-order chi connectivity index (χ1) is 53.9. The second kappa shape index (κ2) is 59.1. The predicted molar refractivity (Wildman–Crippen MR) is 466 cm³/mol. The van der Waals surface area contributed by atoms with E-state index in [-0.39, 0.29) is 0 Å². The Balaban J connectivity index is 0.000000228. The van der Waals surface area contributed by atoms with Gasteiger partial charge in [0, 0.05) is 53.9 Å². The number of benzene rings is 3. The van der Waals surface area contributed by atoms with Gasteiger partial charge >= 0.3 is 0 Å². The molecular weight excluding hydrogens is 1330 g/mol. The van der Waals surface area contributed by atoms with E-state index >= 15 is 0 Å². The summed E-state index contributed by atoms with van der Waals surface area (Å²) < 4.78 is 17.9. The van der Waals surface area contributed by atoms with E-state index in [4.69, 9.17) is 44.1 Å². The Morgan fingerprint density at radius 2 is 0.413 bits per heavy atom. The summed E-state index contributed by atoms with van der Waals surface area (Å²) in [5, 5.41) is 0. The number of hydrogen-bond acceptors (Lipinski definition) is 9. The third-order valence-corrected chi connectivity index (χ3v) is 24.5. The molecular formula is C100H158N6O3. The van der Waals surface area contributed by atoms with Gasteiger partial charge in [-0.05, 0) is 221 Å². The van der Waals surface area contributed by atoms with Crippen molar-refractivity contribution in [1.82, 2.24) is 29.9 Å². The van der Waals surface area contributed by atoms with Gasteiger partial charge in [0.05, 0.1) is 19.8 Å². The molecule has 9 heteroatoms. The van der Waals surface area contributed by atoms with Crippen LogP contribution in [-0.4, -0.2) is 49.7 Å². The van der Waals surface area contributed by atoms with Crippen LogP contribution in [0.2, 0.25) is 0 Å². The van der Waals surface area contributed by atoms with Crippen LogP contribution < -0.4 is 14.2 Å². The maximum Gasteiger partial charge on any atom is 0.159 e. The molecule has 9 nitrogen and oxygen atoms in total. The molecule has 0 atom stereocenters. The first kappa shape index (κ1) is 90.5. The van der Waals surface area contributed by atoms with E-state index in [9.17, 15) is 0 Å². The molecule has 6 aromatic rings. The van der Waals surface area contributed by atoms with Crippen molar-refractivity contribution in [2.75, 3.05) is 19.8 Å². The van der Waals surface area contributed by atoms with Crippen LogP contribution in [0.4, 0.5) is 0 Å². The van der Waals surface area contributed by atoms with E-state index in [0.29, 0.717) is 17.8 Å². The molecule has 0 bridgehead atoms. The van der Waals surface area contributed by atoms with E-state index in [1.54, 1.807) is 0 Å². The molecule has 0 amide bonds. The van der Waals surface area contributed by atoms with Crippen LogP contribution in [0.1, 0.15) is 429 Å². The highest BCUT2D eigenvalue weighted by molar-refractivity contribution is 5.58. The van der Waals surface area contributed by atoms with Crippen LogP contribution in [0, 0.1) is 17.8 Å². The second-order valence-corrected chi connectivity index (χ2v) is 33.7. The molecule has 3 aliphatic rings. The van der Waals surface area contributed by atoms with Crippen molar-refractivity contribution in [2.45, 2.75) is 412 Å². The average molecular weight is 1490 g/mol. The largest absolute Gasteiger partial charge is 0.494 e. The van der Waals surface area contributed by atoms with Crippen molar-refractivity contribution >= 4 is 0 Å². The Morgan fingerprint density at radius 3 is 0.651 bits per heavy atom. The van der Waals surface area contributed by atoms with Gasteiger partial charge in [0.2, 0.25) is 0 Å². The lowest BCUT2D eigenvalue weighted by molar-refractivity contribution is 0.301. The van der Waals surface area contributed by atoms with Crippen molar-refractivity contribution in [3.63, 3.8) is 0 Å². The summed E-state index contributed by atoms with van der Waals surface area (Å²) in [6, 6.07) is 24.9. The van der Waals surface area contributed by atoms with E-state index < -0.39 is 0 Å². The van der Waals surface area contributed by atoms with Gasteiger partial charge in [0.25, 0.3) is 0 Å². The lowest BCUT2D eigenvalue weighted by Gasteiger charge is -2.28. The molecule has 3 fully saturated rings. The number of unbranched alkanes of at least 4 members (excludes halogenated alkanes) is 34. The highest BCUT2D eigenvalue weighted by atomic mass is 16.5. The smallest absolute Gasteiger partial charge is 0.159 e. The number of ether oxygens (including phenoxy) is 3. The second-order valence-electron chi connectivity index (χ2n) is 33.7. The van der Waals surface area contributed by atoms with E-state index in [0.717, 1.165) is 108 Å². The molecule has 3 aromatic carbocycles. The Kier molecular flexibility index (Phi) is 49.0. The lowest BCUT2D eigenvalue weighted by Crippen LogP contribution is -2.14. The molecule has 606 valence electrons. The minimum absolute atomic E-state index is 0.641. The van der Waals surface area contributed by atoms with Crippen LogP contribution in [0.25, 0.3) is 34.2 Å². The minimum Gasteiger partial charge on any atom is -0.494 e. The number of nitrogens with zero attached hydrogens (tertiary/aromatic N) is 6. The zero-order valence-electron chi connectivity index (χ0n) is 70.8. The lowest BCUT2D eigenvalue weighted by atomic mass is 9.77. The fourth-order valence-electron chi connectivity index (χ4n) is 17.1. The van der Waals surface area contributed by atoms with Crippen molar-refractivity contribution in [1.29, 1.82) is 0 Å². The maximum atomic E-state index is 5.98. The van der Waals surface area contributed by atoms with Crippen molar-refractivity contribution < 1.29 is 14.2 Å². The molecule has 0 saturated heterocycles. The van der Waals surface area contributed by atoms with Crippen molar-refractivity contribution in [3.05, 3.63) is 127 Å². The molecule has 0 unspecified atom stereocenters. The summed E-state index contributed by atoms with van der Waals surface area (Å²) in [6.45, 7) is 16.2. The van der Waals surface area contributed by atoms with Gasteiger partial charge in [-0.15, -0.1) is 0 Å². The normalized spacial score (nSPS) is 17.8. The Hall–Kier alpha value is -5.70. The predicted octanol–water partition coefficient (Wildman–Crippen LogP) is 31.3. The van der Waals surface area contributed by atoms with Crippen LogP contribution in [-0.2, 0) is 0 Å². The van der Waals surface area contributed by atoms with Crippen molar-refractivity contribution in [2.24, 2.45) is 17.8 Å². The summed E-state index contributed by atoms with van der Waals surface area (Å²) in [6.07, 6.45) is 87.1. The highest BCUT2D eigenvalue weighted by Gasteiger charge is 2.26. The Labute approximate surface area is 668 Å². The van der Waals surface area contributed by atoms with Gasteiger partial charge in [-0.1, -0.05) is 298 Å². The van der Waals surface area contributed by atoms with Gasteiger partial charge in [-0.2, -0.15) is 0 Å². The summed E-state index contributed by atoms with van der Waals surface area (Å²) in [5.74, 6) is 10.0. The third-order valence-electron chi connectivity index (χ3n) is 24.5. The quantitative estimate of drug-likeness (QED) is 0.0345. The van der Waals surface area contributed by atoms with Crippen LogP contribution in [0.3, 0.4) is 0 Å². The molecule has 3 heterocycles. The number of hydrogen-bond donors (Lipinski definition) is 0. The average Bonchev–Trinajstić information content (AvgIpc) is 0.845. The Morgan fingerprint density at radius 1 is 0.220 bits per heavy atom. The third kappa shape index (κ3) is 38.6. The first-order valence-corrected chi connectivity index (χ1v) is 46.5. The minimum atomic E-state index is 0.641.